The number of alkyl halides is 3. The molecule has 0 amide bonds. The van der Waals surface area contributed by atoms with E-state index in [1.807, 2.05) is 6.92 Å². The van der Waals surface area contributed by atoms with Crippen LogP contribution in [0.25, 0.3) is 10.9 Å². The van der Waals surface area contributed by atoms with E-state index >= 15 is 0 Å². The summed E-state index contributed by atoms with van der Waals surface area (Å²) in [6.07, 6.45) is -4.07. The number of rotatable bonds is 4. The standard InChI is InChI=1S/C19H15F3NO3/c1-3-16-11(2)18(24)15-10-14(8-9-17(15)23-16)25-12-4-6-13(7-5-12)26-19(20,21)22/h4-10H,3H2,1-2H3. The summed E-state index contributed by atoms with van der Waals surface area (Å²) in [5.74, 6) is 0.272. The minimum atomic E-state index is -4.74. The number of ether oxygens (including phenoxy) is 2. The van der Waals surface area contributed by atoms with Gasteiger partial charge in [0, 0.05) is 11.3 Å². The summed E-state index contributed by atoms with van der Waals surface area (Å²) in [5.41, 5.74) is 1.95. The van der Waals surface area contributed by atoms with Crippen LogP contribution in [0.5, 0.6) is 23.0 Å². The molecule has 0 fully saturated rings. The Labute approximate surface area is 147 Å². The van der Waals surface area contributed by atoms with E-state index in [2.05, 4.69) is 9.72 Å². The Bertz CT molecular complexity index is 937. The Morgan fingerprint density at radius 1 is 1.00 bits per heavy atom. The summed E-state index contributed by atoms with van der Waals surface area (Å²) in [6, 6.07) is 9.94. The van der Waals surface area contributed by atoms with Gasteiger partial charge in [0.25, 0.3) is 0 Å². The molecule has 7 heteroatoms. The lowest BCUT2D eigenvalue weighted by Gasteiger charge is -2.11. The molecule has 26 heavy (non-hydrogen) atoms. The highest BCUT2D eigenvalue weighted by molar-refractivity contribution is 5.87. The molecule has 4 nitrogen and oxygen atoms in total. The number of benzene rings is 2. The predicted octanol–water partition coefficient (Wildman–Crippen LogP) is 5.94. The van der Waals surface area contributed by atoms with Gasteiger partial charge in [0.15, 0.2) is 5.75 Å². The van der Waals surface area contributed by atoms with Crippen LogP contribution < -0.4 is 9.47 Å². The molecule has 0 atom stereocenters. The Kier molecular flexibility index (Phi) is 4.63. The van der Waals surface area contributed by atoms with Crippen molar-refractivity contribution in [3.8, 4) is 23.0 Å². The van der Waals surface area contributed by atoms with Gasteiger partial charge in [-0.05, 0) is 55.8 Å². The van der Waals surface area contributed by atoms with Crippen molar-refractivity contribution in [2.75, 3.05) is 0 Å². The molecule has 135 valence electrons. The molecule has 0 aliphatic carbocycles. The fourth-order valence-corrected chi connectivity index (χ4v) is 2.61. The van der Waals surface area contributed by atoms with Gasteiger partial charge in [-0.2, -0.15) is 0 Å². The number of aryl methyl sites for hydroxylation is 1. The number of fused-ring (bicyclic) bond motifs is 1. The van der Waals surface area contributed by atoms with Gasteiger partial charge in [0.1, 0.15) is 17.2 Å². The number of pyridine rings is 1. The second-order valence-corrected chi connectivity index (χ2v) is 5.67. The zero-order valence-electron chi connectivity index (χ0n) is 14.1. The Morgan fingerprint density at radius 2 is 1.62 bits per heavy atom. The summed E-state index contributed by atoms with van der Waals surface area (Å²) >= 11 is 0. The molecule has 1 heterocycles. The molecule has 0 unspecified atom stereocenters. The Hall–Kier alpha value is -2.96. The van der Waals surface area contributed by atoms with Crippen molar-refractivity contribution in [1.82, 2.24) is 4.98 Å². The van der Waals surface area contributed by atoms with Crippen LogP contribution in [-0.4, -0.2) is 11.3 Å². The van der Waals surface area contributed by atoms with Crippen molar-refractivity contribution in [2.24, 2.45) is 0 Å². The highest BCUT2D eigenvalue weighted by Crippen LogP contribution is 2.34. The van der Waals surface area contributed by atoms with Crippen LogP contribution in [-0.2, 0) is 11.5 Å². The molecule has 0 aliphatic rings. The highest BCUT2D eigenvalue weighted by atomic mass is 19.4. The zero-order chi connectivity index (χ0) is 18.9. The quantitative estimate of drug-likeness (QED) is 0.577. The summed E-state index contributed by atoms with van der Waals surface area (Å²) in [7, 11) is 0. The first kappa shape index (κ1) is 17.8. The maximum absolute atomic E-state index is 12.5. The van der Waals surface area contributed by atoms with Gasteiger partial charge in [0.2, 0.25) is 0 Å². The lowest BCUT2D eigenvalue weighted by Crippen LogP contribution is -2.16. The van der Waals surface area contributed by atoms with Gasteiger partial charge in [-0.3, -0.25) is 10.1 Å². The molecular weight excluding hydrogens is 347 g/mol. The molecular formula is C19H15F3NO3. The molecule has 3 aromatic rings. The van der Waals surface area contributed by atoms with Gasteiger partial charge in [-0.1, -0.05) is 6.92 Å². The smallest absolute Gasteiger partial charge is 0.457 e. The van der Waals surface area contributed by atoms with Crippen LogP contribution in [0.2, 0.25) is 0 Å². The first-order valence-corrected chi connectivity index (χ1v) is 7.90. The van der Waals surface area contributed by atoms with Crippen molar-refractivity contribution in [3.05, 3.63) is 53.7 Å². The first-order chi connectivity index (χ1) is 12.3. The minimum Gasteiger partial charge on any atom is -0.457 e. The van der Waals surface area contributed by atoms with Gasteiger partial charge < -0.3 is 9.47 Å². The van der Waals surface area contributed by atoms with Gasteiger partial charge >= 0.3 is 6.36 Å². The highest BCUT2D eigenvalue weighted by Gasteiger charge is 2.31. The summed E-state index contributed by atoms with van der Waals surface area (Å²) in [4.78, 5) is 4.47. The van der Waals surface area contributed by atoms with E-state index < -0.39 is 6.36 Å². The number of nitrogens with zero attached hydrogens (tertiary/aromatic N) is 1. The van der Waals surface area contributed by atoms with Crippen LogP contribution in [0.3, 0.4) is 0 Å². The fraction of sp³-hybridized carbons (Fsp3) is 0.211. The number of hydrogen-bond donors (Lipinski definition) is 0. The van der Waals surface area contributed by atoms with E-state index in [9.17, 15) is 18.3 Å². The maximum atomic E-state index is 12.5. The average Bonchev–Trinajstić information content (AvgIpc) is 2.59. The third-order valence-corrected chi connectivity index (χ3v) is 3.87. The number of halogens is 3. The monoisotopic (exact) mass is 362 g/mol. The van der Waals surface area contributed by atoms with E-state index in [4.69, 9.17) is 4.74 Å². The van der Waals surface area contributed by atoms with E-state index in [1.54, 1.807) is 25.1 Å². The van der Waals surface area contributed by atoms with Crippen LogP contribution in [0.15, 0.2) is 42.5 Å². The van der Waals surface area contributed by atoms with Crippen LogP contribution in [0, 0.1) is 6.92 Å². The van der Waals surface area contributed by atoms with E-state index in [0.717, 1.165) is 17.8 Å². The van der Waals surface area contributed by atoms with Gasteiger partial charge in [-0.15, -0.1) is 13.2 Å². The molecule has 2 aromatic carbocycles. The Balaban J connectivity index is 1.86. The maximum Gasteiger partial charge on any atom is 0.573 e. The van der Waals surface area contributed by atoms with Crippen molar-refractivity contribution >= 4 is 10.9 Å². The van der Waals surface area contributed by atoms with Crippen molar-refractivity contribution < 1.29 is 27.8 Å². The molecule has 0 saturated heterocycles. The zero-order valence-corrected chi connectivity index (χ0v) is 14.1. The molecule has 0 saturated carbocycles. The first-order valence-electron chi connectivity index (χ1n) is 7.90. The van der Waals surface area contributed by atoms with Gasteiger partial charge in [0.05, 0.1) is 10.9 Å². The van der Waals surface area contributed by atoms with Crippen LogP contribution >= 0.6 is 0 Å². The topological polar surface area (TPSA) is 51.2 Å². The number of aromatic nitrogens is 1. The predicted molar refractivity (Wildman–Crippen MR) is 89.2 cm³/mol. The van der Waals surface area contributed by atoms with Crippen molar-refractivity contribution in [2.45, 2.75) is 26.6 Å². The average molecular weight is 362 g/mol. The molecule has 0 aliphatic heterocycles. The third kappa shape index (κ3) is 3.82. The lowest BCUT2D eigenvalue weighted by atomic mass is 10.1. The number of hydrogen-bond acceptors (Lipinski definition) is 3. The van der Waals surface area contributed by atoms with Crippen LogP contribution in [0.1, 0.15) is 18.2 Å². The van der Waals surface area contributed by atoms with Crippen LogP contribution in [0.4, 0.5) is 13.2 Å². The molecule has 3 rings (SSSR count). The van der Waals surface area contributed by atoms with E-state index in [0.29, 0.717) is 34.4 Å². The fourth-order valence-electron chi connectivity index (χ4n) is 2.61. The van der Waals surface area contributed by atoms with Gasteiger partial charge in [-0.25, -0.2) is 0 Å². The third-order valence-electron chi connectivity index (χ3n) is 3.87. The second-order valence-electron chi connectivity index (χ2n) is 5.67. The van der Waals surface area contributed by atoms with Crippen molar-refractivity contribution in [1.29, 1.82) is 0 Å². The summed E-state index contributed by atoms with van der Waals surface area (Å²) in [5, 5.41) is 12.9. The molecule has 0 bridgehead atoms. The van der Waals surface area contributed by atoms with Crippen molar-refractivity contribution in [3.63, 3.8) is 0 Å². The molecule has 1 aromatic heterocycles. The van der Waals surface area contributed by atoms with E-state index in [-0.39, 0.29) is 11.5 Å². The lowest BCUT2D eigenvalue weighted by molar-refractivity contribution is -0.274. The normalized spacial score (nSPS) is 11.6. The molecule has 0 spiro atoms. The molecule has 1 radical (unpaired) electrons. The summed E-state index contributed by atoms with van der Waals surface area (Å²) < 4.78 is 45.9. The largest absolute Gasteiger partial charge is 0.573 e. The minimum absolute atomic E-state index is 0.105. The Morgan fingerprint density at radius 3 is 2.23 bits per heavy atom. The molecule has 0 N–H and O–H groups in total. The SMILES string of the molecule is CCc1nc2ccc(Oc3ccc(OC(F)(F)F)cc3)cc2c([O])c1C. The second kappa shape index (κ2) is 6.74. The van der Waals surface area contributed by atoms with E-state index in [1.165, 1.54) is 12.1 Å². The summed E-state index contributed by atoms with van der Waals surface area (Å²) in [6.45, 7) is 3.67.